The summed E-state index contributed by atoms with van der Waals surface area (Å²) in [7, 11) is 0. The van der Waals surface area contributed by atoms with E-state index < -0.39 is 0 Å². The van der Waals surface area contributed by atoms with Gasteiger partial charge in [-0.2, -0.15) is 0 Å². The molecule has 0 aromatic carbocycles. The summed E-state index contributed by atoms with van der Waals surface area (Å²) in [6, 6.07) is 0. The lowest BCUT2D eigenvalue weighted by Crippen LogP contribution is -2.60. The average molecular weight is 241 g/mol. The molecule has 2 heterocycles. The summed E-state index contributed by atoms with van der Waals surface area (Å²) in [4.78, 5) is 4.96. The summed E-state index contributed by atoms with van der Waals surface area (Å²) in [6.45, 7) is 15.6. The van der Waals surface area contributed by atoms with Crippen molar-refractivity contribution in [2.24, 2.45) is 0 Å². The van der Waals surface area contributed by atoms with Crippen LogP contribution < -0.4 is 5.32 Å². The highest BCUT2D eigenvalue weighted by atomic mass is 16.5. The monoisotopic (exact) mass is 241 g/mol. The first-order valence-electron chi connectivity index (χ1n) is 6.85. The van der Waals surface area contributed by atoms with Gasteiger partial charge in [0.15, 0.2) is 0 Å². The third-order valence-corrected chi connectivity index (χ3v) is 3.77. The van der Waals surface area contributed by atoms with Crippen LogP contribution >= 0.6 is 0 Å². The lowest BCUT2D eigenvalue weighted by molar-refractivity contribution is -0.0918. The maximum Gasteiger partial charge on any atom is 0.0829 e. The Balaban J connectivity index is 1.53. The predicted molar refractivity (Wildman–Crippen MR) is 70.4 cm³/mol. The highest BCUT2D eigenvalue weighted by Crippen LogP contribution is 2.22. The molecule has 0 aliphatic carbocycles. The number of rotatable bonds is 4. The number of hydrogen-bond acceptors (Lipinski definition) is 4. The van der Waals surface area contributed by atoms with Crippen molar-refractivity contribution in [1.29, 1.82) is 0 Å². The lowest BCUT2D eigenvalue weighted by Gasteiger charge is -2.47. The summed E-state index contributed by atoms with van der Waals surface area (Å²) in [5.74, 6) is 0. The molecule has 0 amide bonds. The number of nitrogens with zero attached hydrogens (tertiary/aromatic N) is 2. The van der Waals surface area contributed by atoms with Crippen molar-refractivity contribution >= 4 is 0 Å². The fourth-order valence-electron chi connectivity index (χ4n) is 2.37. The summed E-state index contributed by atoms with van der Waals surface area (Å²) >= 11 is 0. The molecule has 0 aromatic rings. The number of likely N-dealkylation sites (tertiary alicyclic amines) is 1. The lowest BCUT2D eigenvalue weighted by atomic mass is 9.99. The van der Waals surface area contributed by atoms with Gasteiger partial charge in [-0.25, -0.2) is 0 Å². The number of nitrogens with one attached hydrogen (secondary N) is 1. The molecule has 100 valence electrons. The van der Waals surface area contributed by atoms with Crippen molar-refractivity contribution in [2.75, 3.05) is 52.4 Å². The van der Waals surface area contributed by atoms with E-state index in [1.54, 1.807) is 0 Å². The minimum atomic E-state index is 0.304. The van der Waals surface area contributed by atoms with E-state index in [0.717, 1.165) is 39.3 Å². The quantitative estimate of drug-likeness (QED) is 0.771. The normalized spacial score (nSPS) is 24.9. The Labute approximate surface area is 105 Å². The maximum absolute atomic E-state index is 5.90. The molecular weight excluding hydrogens is 214 g/mol. The standard InChI is InChI=1S/C13H27N3O/c1-13(2,3)16-10-12(11-16)17-9-8-15-6-4-14-5-7-15/h12,14H,4-11H2,1-3H3. The fourth-order valence-corrected chi connectivity index (χ4v) is 2.37. The SMILES string of the molecule is CC(C)(C)N1CC(OCCN2CCNCC2)C1. The van der Waals surface area contributed by atoms with Crippen LogP contribution in [0.2, 0.25) is 0 Å². The van der Waals surface area contributed by atoms with Gasteiger partial charge in [-0.3, -0.25) is 9.80 Å². The van der Waals surface area contributed by atoms with Gasteiger partial charge in [0.1, 0.15) is 0 Å². The van der Waals surface area contributed by atoms with E-state index in [1.807, 2.05) is 0 Å². The molecule has 0 bridgehead atoms. The minimum absolute atomic E-state index is 0.304. The van der Waals surface area contributed by atoms with Crippen LogP contribution in [0.15, 0.2) is 0 Å². The van der Waals surface area contributed by atoms with Gasteiger partial charge in [0.25, 0.3) is 0 Å². The minimum Gasteiger partial charge on any atom is -0.374 e. The molecule has 4 nitrogen and oxygen atoms in total. The van der Waals surface area contributed by atoms with E-state index in [0.29, 0.717) is 11.6 Å². The van der Waals surface area contributed by atoms with Crippen LogP contribution in [0, 0.1) is 0 Å². The Morgan fingerprint density at radius 2 is 1.82 bits per heavy atom. The second kappa shape index (κ2) is 5.65. The van der Waals surface area contributed by atoms with Crippen molar-refractivity contribution in [1.82, 2.24) is 15.1 Å². The van der Waals surface area contributed by atoms with Crippen molar-refractivity contribution < 1.29 is 4.74 Å². The zero-order valence-corrected chi connectivity index (χ0v) is 11.5. The second-order valence-corrected chi connectivity index (χ2v) is 6.16. The molecule has 2 aliphatic rings. The van der Waals surface area contributed by atoms with Gasteiger partial charge in [0.2, 0.25) is 0 Å². The number of ether oxygens (including phenoxy) is 1. The molecule has 0 unspecified atom stereocenters. The number of piperazine rings is 1. The largest absolute Gasteiger partial charge is 0.374 e. The van der Waals surface area contributed by atoms with Gasteiger partial charge < -0.3 is 10.1 Å². The fraction of sp³-hybridized carbons (Fsp3) is 1.00. The molecule has 2 rings (SSSR count). The summed E-state index contributed by atoms with van der Waals surface area (Å²) in [6.07, 6.45) is 0.470. The van der Waals surface area contributed by atoms with Gasteiger partial charge >= 0.3 is 0 Å². The zero-order chi connectivity index (χ0) is 12.3. The van der Waals surface area contributed by atoms with Crippen molar-refractivity contribution in [2.45, 2.75) is 32.4 Å². The van der Waals surface area contributed by atoms with Gasteiger partial charge in [-0.15, -0.1) is 0 Å². The van der Waals surface area contributed by atoms with Crippen LogP contribution in [-0.4, -0.2) is 73.9 Å². The first kappa shape index (κ1) is 13.3. The Bertz CT molecular complexity index is 227. The van der Waals surface area contributed by atoms with Crippen LogP contribution in [-0.2, 0) is 4.74 Å². The van der Waals surface area contributed by atoms with Crippen LogP contribution in [0.4, 0.5) is 0 Å². The molecule has 0 atom stereocenters. The molecule has 17 heavy (non-hydrogen) atoms. The van der Waals surface area contributed by atoms with Crippen molar-refractivity contribution in [3.05, 3.63) is 0 Å². The third kappa shape index (κ3) is 3.91. The predicted octanol–water partition coefficient (Wildman–Crippen LogP) is 0.391. The molecule has 0 radical (unpaired) electrons. The molecule has 0 saturated carbocycles. The van der Waals surface area contributed by atoms with E-state index >= 15 is 0 Å². The molecule has 0 aromatic heterocycles. The number of hydrogen-bond donors (Lipinski definition) is 1. The van der Waals surface area contributed by atoms with Crippen LogP contribution in [0.5, 0.6) is 0 Å². The molecule has 0 spiro atoms. The average Bonchev–Trinajstić information content (AvgIpc) is 2.21. The highest BCUT2D eigenvalue weighted by molar-refractivity contribution is 4.89. The molecule has 2 fully saturated rings. The van der Waals surface area contributed by atoms with Gasteiger partial charge in [-0.1, -0.05) is 0 Å². The van der Waals surface area contributed by atoms with Crippen molar-refractivity contribution in [3.8, 4) is 0 Å². The van der Waals surface area contributed by atoms with E-state index in [2.05, 4.69) is 35.9 Å². The van der Waals surface area contributed by atoms with E-state index in [4.69, 9.17) is 4.74 Å². The molecule has 1 N–H and O–H groups in total. The Morgan fingerprint density at radius 1 is 1.18 bits per heavy atom. The maximum atomic E-state index is 5.90. The van der Waals surface area contributed by atoms with E-state index in [9.17, 15) is 0 Å². The third-order valence-electron chi connectivity index (χ3n) is 3.77. The molecule has 2 saturated heterocycles. The van der Waals surface area contributed by atoms with Gasteiger partial charge in [0, 0.05) is 51.4 Å². The summed E-state index contributed by atoms with van der Waals surface area (Å²) in [5, 5.41) is 3.37. The first-order valence-corrected chi connectivity index (χ1v) is 6.85. The second-order valence-electron chi connectivity index (χ2n) is 6.16. The van der Waals surface area contributed by atoms with Gasteiger partial charge in [-0.05, 0) is 20.8 Å². The topological polar surface area (TPSA) is 27.7 Å². The first-order chi connectivity index (χ1) is 8.05. The van der Waals surface area contributed by atoms with Gasteiger partial charge in [0.05, 0.1) is 12.7 Å². The Morgan fingerprint density at radius 3 is 2.41 bits per heavy atom. The molecular formula is C13H27N3O. The molecule has 4 heteroatoms. The highest BCUT2D eigenvalue weighted by Gasteiger charge is 2.34. The van der Waals surface area contributed by atoms with E-state index in [1.165, 1.54) is 13.1 Å². The smallest absolute Gasteiger partial charge is 0.0829 e. The van der Waals surface area contributed by atoms with Crippen molar-refractivity contribution in [3.63, 3.8) is 0 Å². The van der Waals surface area contributed by atoms with Crippen LogP contribution in [0.1, 0.15) is 20.8 Å². The van der Waals surface area contributed by atoms with E-state index in [-0.39, 0.29) is 0 Å². The molecule has 2 aliphatic heterocycles. The Hall–Kier alpha value is -0.160. The zero-order valence-electron chi connectivity index (χ0n) is 11.5. The Kier molecular flexibility index (Phi) is 4.42. The van der Waals surface area contributed by atoms with Crippen LogP contribution in [0.25, 0.3) is 0 Å². The summed E-state index contributed by atoms with van der Waals surface area (Å²) in [5.41, 5.74) is 0.304. The van der Waals surface area contributed by atoms with Crippen LogP contribution in [0.3, 0.4) is 0 Å². The summed E-state index contributed by atoms with van der Waals surface area (Å²) < 4.78 is 5.90.